The first-order valence-electron chi connectivity index (χ1n) is 15.1. The van der Waals surface area contributed by atoms with Gasteiger partial charge in [-0.15, -0.1) is 12.4 Å². The normalized spacial score (nSPS) is 18.8. The van der Waals surface area contributed by atoms with E-state index in [0.29, 0.717) is 12.2 Å². The Morgan fingerprint density at radius 2 is 1.80 bits per heavy atom. The van der Waals surface area contributed by atoms with Crippen LogP contribution in [0.2, 0.25) is 0 Å². The van der Waals surface area contributed by atoms with Crippen molar-refractivity contribution in [1.29, 1.82) is 0 Å². The highest BCUT2D eigenvalue weighted by atomic mass is 35.5. The molecule has 2 aliphatic heterocycles. The van der Waals surface area contributed by atoms with E-state index in [9.17, 15) is 9.18 Å². The lowest BCUT2D eigenvalue weighted by atomic mass is 9.85. The van der Waals surface area contributed by atoms with E-state index in [1.165, 1.54) is 42.5 Å². The van der Waals surface area contributed by atoms with Crippen LogP contribution in [0.15, 0.2) is 42.0 Å². The second-order valence-corrected chi connectivity index (χ2v) is 12.2. The van der Waals surface area contributed by atoms with Gasteiger partial charge in [0.2, 0.25) is 0 Å². The smallest absolute Gasteiger partial charge is 0.311 e. The largest absolute Gasteiger partial charge is 0.483 e. The quantitative estimate of drug-likeness (QED) is 0.212. The summed E-state index contributed by atoms with van der Waals surface area (Å²) in [7, 11) is 0. The van der Waals surface area contributed by atoms with Crippen LogP contribution in [-0.4, -0.2) is 36.1 Å². The van der Waals surface area contributed by atoms with E-state index in [2.05, 4.69) is 37.8 Å². The molecule has 0 radical (unpaired) electrons. The Balaban J connectivity index is 0.00000370. The molecule has 1 saturated heterocycles. The van der Waals surface area contributed by atoms with Crippen LogP contribution in [0.4, 0.5) is 4.39 Å². The first kappa shape index (κ1) is 30.6. The van der Waals surface area contributed by atoms with Crippen molar-refractivity contribution in [2.75, 3.05) is 19.6 Å². The molecule has 1 atom stereocenters. The summed E-state index contributed by atoms with van der Waals surface area (Å²) < 4.78 is 26.0. The number of esters is 1. The molecule has 5 rings (SSSR count). The molecule has 0 amide bonds. The molecule has 0 bridgehead atoms. The van der Waals surface area contributed by atoms with Crippen LogP contribution in [0, 0.1) is 5.82 Å². The zero-order chi connectivity index (χ0) is 27.4. The minimum absolute atomic E-state index is 0. The summed E-state index contributed by atoms with van der Waals surface area (Å²) >= 11 is 0. The molecule has 0 saturated carbocycles. The first-order chi connectivity index (χ1) is 18.8. The SMILES string of the molecule is CC(CCCc1ccc(F)cc1)c1cc(OC(=O)CCCN2CCCCC2)c2c(c1)OC(C)(C)C1=C2CCC1.Cl. The molecule has 40 heavy (non-hydrogen) atoms. The molecule has 1 fully saturated rings. The van der Waals surface area contributed by atoms with Gasteiger partial charge in [-0.1, -0.05) is 25.5 Å². The second kappa shape index (κ2) is 13.5. The number of ether oxygens (including phenoxy) is 2. The van der Waals surface area contributed by atoms with Gasteiger partial charge in [-0.2, -0.15) is 0 Å². The number of halogens is 2. The molecule has 0 aromatic heterocycles. The Bertz CT molecular complexity index is 1200. The number of hydrogen-bond donors (Lipinski definition) is 0. The second-order valence-electron chi connectivity index (χ2n) is 12.2. The maximum atomic E-state index is 13.3. The van der Waals surface area contributed by atoms with Gasteiger partial charge in [0.15, 0.2) is 0 Å². The number of allylic oxidation sites excluding steroid dienone is 1. The average Bonchev–Trinajstić information content (AvgIpc) is 3.41. The van der Waals surface area contributed by atoms with Gasteiger partial charge in [-0.05, 0) is 144 Å². The van der Waals surface area contributed by atoms with Crippen LogP contribution in [0.1, 0.15) is 108 Å². The first-order valence-corrected chi connectivity index (χ1v) is 15.1. The predicted octanol–water partition coefficient (Wildman–Crippen LogP) is 8.65. The fourth-order valence-corrected chi connectivity index (χ4v) is 6.61. The number of piperidine rings is 1. The maximum Gasteiger partial charge on any atom is 0.311 e. The summed E-state index contributed by atoms with van der Waals surface area (Å²) in [6.45, 7) is 9.79. The third kappa shape index (κ3) is 7.28. The Labute approximate surface area is 245 Å². The van der Waals surface area contributed by atoms with Gasteiger partial charge in [0.25, 0.3) is 0 Å². The van der Waals surface area contributed by atoms with Crippen molar-refractivity contribution >= 4 is 23.9 Å². The standard InChI is InChI=1S/C34H44FNO3.ClH/c1-24(10-7-11-25-15-17-27(35)18-16-25)26-22-30(38-32(37)14-9-21-36-19-5-4-6-20-36)33-28-12-8-13-29(28)34(2,3)39-31(33)23-26;/h15-18,22-24H,4-14,19-21H2,1-3H3;1H. The number of fused-ring (bicyclic) bond motifs is 2. The van der Waals surface area contributed by atoms with Crippen molar-refractivity contribution in [3.63, 3.8) is 0 Å². The summed E-state index contributed by atoms with van der Waals surface area (Å²) in [6.07, 6.45) is 11.1. The van der Waals surface area contributed by atoms with Gasteiger partial charge in [0.1, 0.15) is 22.9 Å². The number of hydrogen-bond acceptors (Lipinski definition) is 4. The molecule has 1 aliphatic carbocycles. The van der Waals surface area contributed by atoms with Gasteiger partial charge in [-0.25, -0.2) is 4.39 Å². The molecule has 218 valence electrons. The van der Waals surface area contributed by atoms with Crippen molar-refractivity contribution in [1.82, 2.24) is 4.90 Å². The van der Waals surface area contributed by atoms with Gasteiger partial charge >= 0.3 is 5.97 Å². The Kier molecular flexibility index (Phi) is 10.3. The van der Waals surface area contributed by atoms with Gasteiger partial charge in [0.05, 0.1) is 5.56 Å². The fourth-order valence-electron chi connectivity index (χ4n) is 6.61. The molecule has 2 heterocycles. The summed E-state index contributed by atoms with van der Waals surface area (Å²) in [4.78, 5) is 15.5. The molecule has 2 aromatic carbocycles. The van der Waals surface area contributed by atoms with Crippen LogP contribution in [0.5, 0.6) is 11.5 Å². The molecule has 0 N–H and O–H groups in total. The predicted molar refractivity (Wildman–Crippen MR) is 162 cm³/mol. The lowest BCUT2D eigenvalue weighted by molar-refractivity contribution is -0.134. The molecule has 0 spiro atoms. The molecule has 1 unspecified atom stereocenters. The number of carbonyl (C=O) groups is 1. The van der Waals surface area contributed by atoms with Crippen molar-refractivity contribution in [3.8, 4) is 11.5 Å². The van der Waals surface area contributed by atoms with Crippen LogP contribution in [0.25, 0.3) is 5.57 Å². The Morgan fingerprint density at radius 1 is 1.05 bits per heavy atom. The average molecular weight is 570 g/mol. The monoisotopic (exact) mass is 569 g/mol. The minimum atomic E-state index is -0.348. The molecular weight excluding hydrogens is 525 g/mol. The summed E-state index contributed by atoms with van der Waals surface area (Å²) in [5, 5.41) is 0. The van der Waals surface area contributed by atoms with Gasteiger partial charge < -0.3 is 14.4 Å². The van der Waals surface area contributed by atoms with E-state index < -0.39 is 0 Å². The van der Waals surface area contributed by atoms with Crippen molar-refractivity contribution in [2.24, 2.45) is 0 Å². The highest BCUT2D eigenvalue weighted by molar-refractivity contribution is 5.85. The van der Waals surface area contributed by atoms with E-state index in [1.54, 1.807) is 0 Å². The van der Waals surface area contributed by atoms with E-state index in [1.807, 2.05) is 12.1 Å². The van der Waals surface area contributed by atoms with Crippen LogP contribution >= 0.6 is 12.4 Å². The van der Waals surface area contributed by atoms with Crippen molar-refractivity contribution in [3.05, 3.63) is 64.5 Å². The lowest BCUT2D eigenvalue weighted by Crippen LogP contribution is -2.34. The molecule has 4 nitrogen and oxygen atoms in total. The number of carbonyl (C=O) groups excluding carboxylic acids is 1. The van der Waals surface area contributed by atoms with E-state index in [-0.39, 0.29) is 35.7 Å². The Morgan fingerprint density at radius 3 is 2.55 bits per heavy atom. The Hall–Kier alpha value is -2.37. The minimum Gasteiger partial charge on any atom is -0.483 e. The van der Waals surface area contributed by atoms with Crippen LogP contribution in [0.3, 0.4) is 0 Å². The van der Waals surface area contributed by atoms with E-state index in [4.69, 9.17) is 9.47 Å². The number of nitrogens with zero attached hydrogens (tertiary/aromatic N) is 1. The fraction of sp³-hybridized carbons (Fsp3) is 0.559. The molecule has 2 aromatic rings. The number of aryl methyl sites for hydroxylation is 1. The lowest BCUT2D eigenvalue weighted by Gasteiger charge is -2.36. The summed E-state index contributed by atoms with van der Waals surface area (Å²) in [5.41, 5.74) is 5.60. The zero-order valence-electron chi connectivity index (χ0n) is 24.4. The summed E-state index contributed by atoms with van der Waals surface area (Å²) in [6, 6.07) is 11.1. The molecule has 3 aliphatic rings. The topological polar surface area (TPSA) is 38.8 Å². The van der Waals surface area contributed by atoms with Crippen LogP contribution in [-0.2, 0) is 11.2 Å². The van der Waals surface area contributed by atoms with E-state index in [0.717, 1.165) is 87.0 Å². The summed E-state index contributed by atoms with van der Waals surface area (Å²) in [5.74, 6) is 1.44. The third-order valence-electron chi connectivity index (χ3n) is 8.81. The molecule has 6 heteroatoms. The highest BCUT2D eigenvalue weighted by Gasteiger charge is 2.39. The third-order valence-corrected chi connectivity index (χ3v) is 8.81. The highest BCUT2D eigenvalue weighted by Crippen LogP contribution is 2.52. The van der Waals surface area contributed by atoms with Crippen molar-refractivity contribution < 1.29 is 18.7 Å². The maximum absolute atomic E-state index is 13.3. The van der Waals surface area contributed by atoms with Gasteiger partial charge in [-0.3, -0.25) is 4.79 Å². The molecular formula is C34H45ClFNO3. The van der Waals surface area contributed by atoms with Gasteiger partial charge in [0, 0.05) is 6.42 Å². The van der Waals surface area contributed by atoms with Crippen molar-refractivity contribution in [2.45, 2.75) is 103 Å². The number of likely N-dealkylation sites (tertiary alicyclic amines) is 1. The van der Waals surface area contributed by atoms with Crippen LogP contribution < -0.4 is 9.47 Å². The number of benzene rings is 2. The zero-order valence-corrected chi connectivity index (χ0v) is 25.2. The van der Waals surface area contributed by atoms with E-state index >= 15 is 0 Å². The number of rotatable bonds is 10.